The number of carbonyl (C=O) groups is 3. The lowest BCUT2D eigenvalue weighted by Gasteiger charge is -2.21. The van der Waals surface area contributed by atoms with Crippen molar-refractivity contribution in [2.75, 3.05) is 20.3 Å². The molecule has 1 amide bonds. The van der Waals surface area contributed by atoms with E-state index in [9.17, 15) is 19.5 Å². The van der Waals surface area contributed by atoms with Gasteiger partial charge in [0.15, 0.2) is 0 Å². The fourth-order valence-corrected chi connectivity index (χ4v) is 2.73. The second kappa shape index (κ2) is 11.4. The highest BCUT2D eigenvalue weighted by Crippen LogP contribution is 2.14. The van der Waals surface area contributed by atoms with Gasteiger partial charge in [0.05, 0.1) is 20.1 Å². The van der Waals surface area contributed by atoms with E-state index in [1.54, 1.807) is 68.6 Å². The zero-order valence-electron chi connectivity index (χ0n) is 17.0. The van der Waals surface area contributed by atoms with Crippen molar-refractivity contribution in [2.24, 2.45) is 0 Å². The lowest BCUT2D eigenvalue weighted by Crippen LogP contribution is -2.36. The summed E-state index contributed by atoms with van der Waals surface area (Å²) >= 11 is 0. The van der Waals surface area contributed by atoms with E-state index >= 15 is 0 Å². The van der Waals surface area contributed by atoms with Crippen molar-refractivity contribution < 1.29 is 29.0 Å². The van der Waals surface area contributed by atoms with Crippen LogP contribution in [0.15, 0.2) is 54.6 Å². The van der Waals surface area contributed by atoms with Gasteiger partial charge in [-0.3, -0.25) is 9.59 Å². The number of amides is 1. The van der Waals surface area contributed by atoms with Gasteiger partial charge < -0.3 is 19.5 Å². The number of carboxylic acids is 1. The minimum Gasteiger partial charge on any atom is -0.497 e. The van der Waals surface area contributed by atoms with Gasteiger partial charge in [-0.1, -0.05) is 36.4 Å². The summed E-state index contributed by atoms with van der Waals surface area (Å²) in [4.78, 5) is 36.6. The number of carboxylic acid groups (broad SMARTS) is 1. The molecule has 0 aromatic heterocycles. The zero-order chi connectivity index (χ0) is 21.9. The number of methoxy groups -OCH3 is 1. The number of nitrogens with zero attached hydrogens (tertiary/aromatic N) is 1. The molecule has 158 valence electrons. The number of hydrogen-bond acceptors (Lipinski definition) is 5. The van der Waals surface area contributed by atoms with Crippen LogP contribution in [0.3, 0.4) is 0 Å². The van der Waals surface area contributed by atoms with Crippen molar-refractivity contribution >= 4 is 23.9 Å². The van der Waals surface area contributed by atoms with E-state index < -0.39 is 11.9 Å². The Kier molecular flexibility index (Phi) is 8.62. The van der Waals surface area contributed by atoms with Crippen LogP contribution in [0.1, 0.15) is 23.6 Å². The number of aliphatic carboxylic acids is 1. The van der Waals surface area contributed by atoms with Gasteiger partial charge in [-0.05, 0) is 41.8 Å². The van der Waals surface area contributed by atoms with E-state index in [0.29, 0.717) is 12.4 Å². The molecule has 2 rings (SSSR count). The number of benzene rings is 2. The first-order valence-corrected chi connectivity index (χ1v) is 9.47. The summed E-state index contributed by atoms with van der Waals surface area (Å²) in [6.45, 7) is 1.86. The van der Waals surface area contributed by atoms with E-state index in [2.05, 4.69) is 0 Å². The molecule has 0 aliphatic rings. The highest BCUT2D eigenvalue weighted by Gasteiger charge is 2.17. The summed E-state index contributed by atoms with van der Waals surface area (Å²) in [6, 6.07) is 14.2. The number of esters is 1. The Labute approximate surface area is 175 Å². The van der Waals surface area contributed by atoms with Crippen molar-refractivity contribution in [1.29, 1.82) is 0 Å². The van der Waals surface area contributed by atoms with E-state index in [4.69, 9.17) is 9.47 Å². The van der Waals surface area contributed by atoms with Gasteiger partial charge in [-0.2, -0.15) is 0 Å². The Bertz CT molecular complexity index is 887. The molecule has 7 nitrogen and oxygen atoms in total. The minimum absolute atomic E-state index is 0.0747. The minimum atomic E-state index is -1.07. The molecule has 0 radical (unpaired) electrons. The van der Waals surface area contributed by atoms with Crippen molar-refractivity contribution in [3.8, 4) is 5.75 Å². The molecule has 0 atom stereocenters. The van der Waals surface area contributed by atoms with Crippen molar-refractivity contribution in [3.05, 3.63) is 71.3 Å². The van der Waals surface area contributed by atoms with Gasteiger partial charge >= 0.3 is 11.9 Å². The fraction of sp³-hybridized carbons (Fsp3) is 0.261. The van der Waals surface area contributed by atoms with E-state index in [-0.39, 0.29) is 25.4 Å². The summed E-state index contributed by atoms with van der Waals surface area (Å²) < 4.78 is 9.94. The van der Waals surface area contributed by atoms with Gasteiger partial charge in [0.25, 0.3) is 0 Å². The molecule has 1 N–H and O–H groups in total. The Balaban J connectivity index is 2.03. The lowest BCUT2D eigenvalue weighted by molar-refractivity contribution is -0.144. The van der Waals surface area contributed by atoms with Crippen LogP contribution in [0.5, 0.6) is 5.75 Å². The Morgan fingerprint density at radius 1 is 1.00 bits per heavy atom. The Morgan fingerprint density at radius 2 is 1.63 bits per heavy atom. The third-order valence-electron chi connectivity index (χ3n) is 4.24. The number of hydrogen-bond donors (Lipinski definition) is 1. The molecule has 0 fully saturated rings. The Morgan fingerprint density at radius 3 is 2.20 bits per heavy atom. The largest absolute Gasteiger partial charge is 0.497 e. The lowest BCUT2D eigenvalue weighted by atomic mass is 10.1. The molecule has 0 saturated heterocycles. The molecular formula is C23H25NO6. The highest BCUT2D eigenvalue weighted by atomic mass is 16.5. The zero-order valence-corrected chi connectivity index (χ0v) is 17.0. The molecule has 0 saturated carbocycles. The first-order chi connectivity index (χ1) is 14.4. The molecule has 0 unspecified atom stereocenters. The third kappa shape index (κ3) is 7.43. The maximum atomic E-state index is 12.7. The molecule has 30 heavy (non-hydrogen) atoms. The SMILES string of the molecule is CCOC(=O)C=Cc1ccc(CC(=O)N(CC(=O)O)Cc2ccc(OC)cc2)cc1. The molecule has 0 heterocycles. The van der Waals surface area contributed by atoms with Crippen molar-refractivity contribution in [2.45, 2.75) is 19.9 Å². The van der Waals surface area contributed by atoms with Crippen molar-refractivity contribution in [1.82, 2.24) is 4.90 Å². The van der Waals surface area contributed by atoms with Crippen LogP contribution >= 0.6 is 0 Å². The van der Waals surface area contributed by atoms with Gasteiger partial charge in [0.1, 0.15) is 12.3 Å². The van der Waals surface area contributed by atoms with Gasteiger partial charge in [0, 0.05) is 12.6 Å². The third-order valence-corrected chi connectivity index (χ3v) is 4.24. The molecule has 2 aromatic carbocycles. The standard InChI is InChI=1S/C23H25NO6/c1-3-30-23(28)13-10-17-4-6-18(7-5-17)14-21(25)24(16-22(26)27)15-19-8-11-20(29-2)12-9-19/h4-13H,3,14-16H2,1-2H3,(H,26,27). The summed E-state index contributed by atoms with van der Waals surface area (Å²) in [5, 5.41) is 9.18. The van der Waals surface area contributed by atoms with Gasteiger partial charge in [0.2, 0.25) is 5.91 Å². The predicted octanol–water partition coefficient (Wildman–Crippen LogP) is 2.93. The average molecular weight is 411 g/mol. The van der Waals surface area contributed by atoms with Crippen LogP contribution in [0, 0.1) is 0 Å². The predicted molar refractivity (Wildman–Crippen MR) is 112 cm³/mol. The summed E-state index contributed by atoms with van der Waals surface area (Å²) in [6.07, 6.45) is 3.04. The quantitative estimate of drug-likeness (QED) is 0.477. The summed E-state index contributed by atoms with van der Waals surface area (Å²) in [5.74, 6) is -1.09. The topological polar surface area (TPSA) is 93.1 Å². The molecule has 2 aromatic rings. The molecule has 0 aliphatic heterocycles. The normalized spacial score (nSPS) is 10.6. The van der Waals surface area contributed by atoms with Crippen LogP contribution in [0.25, 0.3) is 6.08 Å². The first-order valence-electron chi connectivity index (χ1n) is 9.47. The molecule has 0 aliphatic carbocycles. The number of ether oxygens (including phenoxy) is 2. The first kappa shape index (κ1) is 22.7. The van der Waals surface area contributed by atoms with Gasteiger partial charge in [-0.25, -0.2) is 4.79 Å². The average Bonchev–Trinajstić information content (AvgIpc) is 2.73. The van der Waals surface area contributed by atoms with E-state index in [1.807, 2.05) is 0 Å². The monoisotopic (exact) mass is 411 g/mol. The summed E-state index contributed by atoms with van der Waals surface area (Å²) in [5.41, 5.74) is 2.35. The molecule has 7 heteroatoms. The maximum Gasteiger partial charge on any atom is 0.330 e. The number of carbonyl (C=O) groups excluding carboxylic acids is 2. The number of rotatable bonds is 10. The molecule has 0 spiro atoms. The van der Waals surface area contributed by atoms with Crippen LogP contribution in [-0.4, -0.2) is 48.1 Å². The highest BCUT2D eigenvalue weighted by molar-refractivity contribution is 5.87. The molecular weight excluding hydrogens is 386 g/mol. The van der Waals surface area contributed by atoms with E-state index in [0.717, 1.165) is 16.7 Å². The Hall–Kier alpha value is -3.61. The van der Waals surface area contributed by atoms with Crippen LogP contribution in [-0.2, 0) is 32.1 Å². The smallest absolute Gasteiger partial charge is 0.330 e. The van der Waals surface area contributed by atoms with Gasteiger partial charge in [-0.15, -0.1) is 0 Å². The summed E-state index contributed by atoms with van der Waals surface area (Å²) in [7, 11) is 1.56. The van der Waals surface area contributed by atoms with Crippen LogP contribution < -0.4 is 4.74 Å². The molecule has 0 bridgehead atoms. The second-order valence-electron chi connectivity index (χ2n) is 6.50. The van der Waals surface area contributed by atoms with E-state index in [1.165, 1.54) is 11.0 Å². The van der Waals surface area contributed by atoms with Crippen LogP contribution in [0.2, 0.25) is 0 Å². The van der Waals surface area contributed by atoms with Crippen molar-refractivity contribution in [3.63, 3.8) is 0 Å². The second-order valence-corrected chi connectivity index (χ2v) is 6.50. The fourth-order valence-electron chi connectivity index (χ4n) is 2.73. The van der Waals surface area contributed by atoms with Crippen LogP contribution in [0.4, 0.5) is 0 Å². The maximum absolute atomic E-state index is 12.7.